The Labute approximate surface area is 168 Å². The van der Waals surface area contributed by atoms with Crippen LogP contribution in [-0.4, -0.2) is 26.6 Å². The minimum atomic E-state index is -4.63. The van der Waals surface area contributed by atoms with Gasteiger partial charge in [0.05, 0.1) is 23.5 Å². The molecule has 0 heterocycles. The van der Waals surface area contributed by atoms with Crippen molar-refractivity contribution in [1.29, 1.82) is 0 Å². The molecule has 1 N–H and O–H groups in total. The first-order chi connectivity index (χ1) is 13.3. The van der Waals surface area contributed by atoms with Gasteiger partial charge in [-0.25, -0.2) is 8.42 Å². The zero-order valence-corrected chi connectivity index (χ0v) is 17.3. The Bertz CT molecular complexity index is 973. The van der Waals surface area contributed by atoms with Gasteiger partial charge in [-0.1, -0.05) is 35.9 Å². The number of amides is 1. The van der Waals surface area contributed by atoms with Gasteiger partial charge in [0.15, 0.2) is 0 Å². The summed E-state index contributed by atoms with van der Waals surface area (Å²) in [5, 5.41) is 2.72. The fourth-order valence-corrected chi connectivity index (χ4v) is 4.07. The zero-order valence-electron chi connectivity index (χ0n) is 16.5. The van der Waals surface area contributed by atoms with E-state index in [2.05, 4.69) is 5.32 Å². The molecule has 2 atom stereocenters. The van der Waals surface area contributed by atoms with Gasteiger partial charge in [0, 0.05) is 0 Å². The van der Waals surface area contributed by atoms with Crippen LogP contribution in [0.3, 0.4) is 0 Å². The first-order valence-electron chi connectivity index (χ1n) is 8.84. The summed E-state index contributed by atoms with van der Waals surface area (Å²) in [5.74, 6) is -0.624. The SMILES string of the molecule is Cc1ccc(C(C)NC(=O)C(C)N(c2cccc(C(F)(F)F)c2)S(C)(=O)=O)cc1. The van der Waals surface area contributed by atoms with Crippen LogP contribution < -0.4 is 9.62 Å². The summed E-state index contributed by atoms with van der Waals surface area (Å²) in [6.07, 6.45) is -3.79. The van der Waals surface area contributed by atoms with Crippen LogP contribution in [0.15, 0.2) is 48.5 Å². The van der Waals surface area contributed by atoms with Crippen LogP contribution in [-0.2, 0) is 21.0 Å². The summed E-state index contributed by atoms with van der Waals surface area (Å²) in [7, 11) is -4.03. The number of hydrogen-bond acceptors (Lipinski definition) is 3. The third-order valence-corrected chi connectivity index (χ3v) is 5.69. The Morgan fingerprint density at radius 1 is 1.07 bits per heavy atom. The van der Waals surface area contributed by atoms with E-state index in [0.717, 1.165) is 29.5 Å². The highest BCUT2D eigenvalue weighted by Crippen LogP contribution is 2.33. The van der Waals surface area contributed by atoms with Crippen molar-refractivity contribution >= 4 is 21.6 Å². The van der Waals surface area contributed by atoms with Gasteiger partial charge in [-0.05, 0) is 44.5 Å². The molecule has 2 unspecified atom stereocenters. The van der Waals surface area contributed by atoms with E-state index in [1.54, 1.807) is 6.92 Å². The second kappa shape index (κ2) is 8.44. The third kappa shape index (κ3) is 5.72. The lowest BCUT2D eigenvalue weighted by Crippen LogP contribution is -2.48. The van der Waals surface area contributed by atoms with Crippen LogP contribution in [0, 0.1) is 6.92 Å². The molecule has 0 aliphatic heterocycles. The van der Waals surface area contributed by atoms with Crippen LogP contribution in [0.25, 0.3) is 0 Å². The van der Waals surface area contributed by atoms with Crippen LogP contribution in [0.5, 0.6) is 0 Å². The average Bonchev–Trinajstić information content (AvgIpc) is 2.60. The molecule has 0 saturated heterocycles. The summed E-state index contributed by atoms with van der Waals surface area (Å²) in [6.45, 7) is 5.00. The molecule has 1 amide bonds. The topological polar surface area (TPSA) is 66.5 Å². The number of carbonyl (C=O) groups is 1. The molecule has 0 spiro atoms. The summed E-state index contributed by atoms with van der Waals surface area (Å²) in [5.41, 5.74) is 0.645. The van der Waals surface area contributed by atoms with Crippen molar-refractivity contribution in [3.63, 3.8) is 0 Å². The quantitative estimate of drug-likeness (QED) is 0.755. The van der Waals surface area contributed by atoms with Crippen LogP contribution in [0.1, 0.15) is 36.6 Å². The molecule has 0 bridgehead atoms. The maximum absolute atomic E-state index is 13.0. The number of carbonyl (C=O) groups excluding carboxylic acids is 1. The molecule has 2 rings (SSSR count). The second-order valence-corrected chi connectivity index (χ2v) is 8.78. The lowest BCUT2D eigenvalue weighted by atomic mass is 10.1. The predicted molar refractivity (Wildman–Crippen MR) is 106 cm³/mol. The van der Waals surface area contributed by atoms with E-state index >= 15 is 0 Å². The molecule has 2 aromatic carbocycles. The zero-order chi connectivity index (χ0) is 22.0. The summed E-state index contributed by atoms with van der Waals surface area (Å²) in [4.78, 5) is 12.7. The van der Waals surface area contributed by atoms with Crippen molar-refractivity contribution in [2.24, 2.45) is 0 Å². The Morgan fingerprint density at radius 3 is 2.17 bits per heavy atom. The standard InChI is InChI=1S/C20H23F3N2O3S/c1-13-8-10-16(11-9-13)14(2)24-19(26)15(3)25(29(4,27)28)18-7-5-6-17(12-18)20(21,22)23/h5-12,14-15H,1-4H3,(H,24,26). The lowest BCUT2D eigenvalue weighted by Gasteiger charge is -2.29. The molecule has 2 aromatic rings. The average molecular weight is 428 g/mol. The number of rotatable bonds is 6. The first kappa shape index (κ1) is 22.7. The monoisotopic (exact) mass is 428 g/mol. The Balaban J connectivity index is 2.31. The van der Waals surface area contributed by atoms with Gasteiger partial charge in [0.25, 0.3) is 0 Å². The van der Waals surface area contributed by atoms with Crippen LogP contribution in [0.2, 0.25) is 0 Å². The fraction of sp³-hybridized carbons (Fsp3) is 0.350. The number of alkyl halides is 3. The number of benzene rings is 2. The molecule has 0 aliphatic rings. The van der Waals surface area contributed by atoms with Crippen LogP contribution >= 0.6 is 0 Å². The third-order valence-electron chi connectivity index (χ3n) is 4.45. The van der Waals surface area contributed by atoms with Crippen molar-refractivity contribution in [2.75, 3.05) is 10.6 Å². The van der Waals surface area contributed by atoms with Crippen molar-refractivity contribution in [1.82, 2.24) is 5.32 Å². The second-order valence-electron chi connectivity index (χ2n) is 6.92. The fourth-order valence-electron chi connectivity index (χ4n) is 2.90. The Hall–Kier alpha value is -2.55. The van der Waals surface area contributed by atoms with E-state index in [4.69, 9.17) is 0 Å². The number of nitrogens with zero attached hydrogens (tertiary/aromatic N) is 1. The maximum atomic E-state index is 13.0. The number of sulfonamides is 1. The van der Waals surface area contributed by atoms with Gasteiger partial charge in [0.2, 0.25) is 15.9 Å². The molecule has 158 valence electrons. The maximum Gasteiger partial charge on any atom is 0.416 e. The first-order valence-corrected chi connectivity index (χ1v) is 10.7. The van der Waals surface area contributed by atoms with Gasteiger partial charge in [-0.15, -0.1) is 0 Å². The highest BCUT2D eigenvalue weighted by molar-refractivity contribution is 7.92. The molecular weight excluding hydrogens is 405 g/mol. The van der Waals surface area contributed by atoms with Crippen molar-refractivity contribution < 1.29 is 26.4 Å². The molecule has 5 nitrogen and oxygen atoms in total. The van der Waals surface area contributed by atoms with Gasteiger partial charge < -0.3 is 5.32 Å². The van der Waals surface area contributed by atoms with Crippen molar-refractivity contribution in [2.45, 2.75) is 39.0 Å². The van der Waals surface area contributed by atoms with Gasteiger partial charge in [-0.3, -0.25) is 9.10 Å². The minimum Gasteiger partial charge on any atom is -0.348 e. The van der Waals surface area contributed by atoms with E-state index in [9.17, 15) is 26.4 Å². The smallest absolute Gasteiger partial charge is 0.348 e. The molecule has 29 heavy (non-hydrogen) atoms. The summed E-state index contributed by atoms with van der Waals surface area (Å²) >= 11 is 0. The summed E-state index contributed by atoms with van der Waals surface area (Å²) < 4.78 is 64.4. The molecule has 0 radical (unpaired) electrons. The van der Waals surface area contributed by atoms with E-state index in [-0.39, 0.29) is 5.69 Å². The van der Waals surface area contributed by atoms with Crippen LogP contribution in [0.4, 0.5) is 18.9 Å². The normalized spacial score (nSPS) is 14.2. The van der Waals surface area contributed by atoms with Crippen molar-refractivity contribution in [3.8, 4) is 0 Å². The number of hydrogen-bond donors (Lipinski definition) is 1. The molecule has 0 aliphatic carbocycles. The Kier molecular flexibility index (Phi) is 6.62. The van der Waals surface area contributed by atoms with E-state index in [1.165, 1.54) is 13.0 Å². The van der Waals surface area contributed by atoms with Gasteiger partial charge in [-0.2, -0.15) is 13.2 Å². The van der Waals surface area contributed by atoms with E-state index in [0.29, 0.717) is 10.4 Å². The summed E-state index contributed by atoms with van der Waals surface area (Å²) in [6, 6.07) is 9.68. The highest BCUT2D eigenvalue weighted by Gasteiger charge is 2.34. The minimum absolute atomic E-state index is 0.229. The number of halogens is 3. The molecule has 0 aromatic heterocycles. The van der Waals surface area contributed by atoms with Crippen molar-refractivity contribution in [3.05, 3.63) is 65.2 Å². The molecule has 0 fully saturated rings. The predicted octanol–water partition coefficient (Wildman–Crippen LogP) is 4.05. The molecule has 9 heteroatoms. The van der Waals surface area contributed by atoms with Gasteiger partial charge in [0.1, 0.15) is 6.04 Å². The number of anilines is 1. The largest absolute Gasteiger partial charge is 0.416 e. The van der Waals surface area contributed by atoms with E-state index in [1.807, 2.05) is 31.2 Å². The van der Waals surface area contributed by atoms with Gasteiger partial charge >= 0.3 is 6.18 Å². The number of nitrogens with one attached hydrogen (secondary N) is 1. The molecule has 0 saturated carbocycles. The lowest BCUT2D eigenvalue weighted by molar-refractivity contribution is -0.137. The highest BCUT2D eigenvalue weighted by atomic mass is 32.2. The number of aryl methyl sites for hydroxylation is 1. The molecular formula is C20H23F3N2O3S. The Morgan fingerprint density at radius 2 is 1.66 bits per heavy atom. The van der Waals surface area contributed by atoms with E-state index < -0.39 is 39.8 Å².